The Hall–Kier alpha value is -1.44. The quantitative estimate of drug-likeness (QED) is 0.879. The predicted octanol–water partition coefficient (Wildman–Crippen LogP) is 1.30. The summed E-state index contributed by atoms with van der Waals surface area (Å²) in [6.45, 7) is 0. The monoisotopic (exact) mass is 269 g/mol. The molecule has 0 unspecified atom stereocenters. The van der Waals surface area contributed by atoms with E-state index in [0.717, 1.165) is 10.6 Å². The molecule has 1 aromatic carbocycles. The Morgan fingerprint density at radius 1 is 1.29 bits per heavy atom. The van der Waals surface area contributed by atoms with Crippen LogP contribution in [0.2, 0.25) is 0 Å². The van der Waals surface area contributed by atoms with Crippen molar-refractivity contribution in [2.24, 2.45) is 0 Å². The SMILES string of the molecule is CNS(=O)(=O)c1ccc(-c2nc(N)cs2)cc1. The average Bonchev–Trinajstić information content (AvgIpc) is 2.76. The van der Waals surface area contributed by atoms with Crippen LogP contribution in [0.4, 0.5) is 5.82 Å². The van der Waals surface area contributed by atoms with E-state index in [1.807, 2.05) is 0 Å². The number of nitrogen functional groups attached to an aromatic ring is 1. The van der Waals surface area contributed by atoms with Gasteiger partial charge in [0.1, 0.15) is 10.8 Å². The fourth-order valence-corrected chi connectivity index (χ4v) is 2.76. The summed E-state index contributed by atoms with van der Waals surface area (Å²) in [4.78, 5) is 4.35. The molecule has 0 aliphatic carbocycles. The molecule has 90 valence electrons. The first-order valence-electron chi connectivity index (χ1n) is 4.78. The van der Waals surface area contributed by atoms with E-state index in [9.17, 15) is 8.42 Å². The van der Waals surface area contributed by atoms with Crippen LogP contribution < -0.4 is 10.5 Å². The molecule has 0 saturated carbocycles. The Labute approximate surface area is 103 Å². The van der Waals surface area contributed by atoms with Gasteiger partial charge in [-0.15, -0.1) is 11.3 Å². The van der Waals surface area contributed by atoms with Crippen molar-refractivity contribution in [2.45, 2.75) is 4.90 Å². The highest BCUT2D eigenvalue weighted by Gasteiger charge is 2.11. The second-order valence-corrected chi connectivity index (χ2v) is 6.05. The van der Waals surface area contributed by atoms with Crippen LogP contribution in [0.3, 0.4) is 0 Å². The predicted molar refractivity (Wildman–Crippen MR) is 68.2 cm³/mol. The van der Waals surface area contributed by atoms with Crippen LogP contribution in [-0.4, -0.2) is 20.4 Å². The molecule has 3 N–H and O–H groups in total. The molecular weight excluding hydrogens is 258 g/mol. The maximum Gasteiger partial charge on any atom is 0.240 e. The Bertz CT molecular complexity index is 617. The Morgan fingerprint density at radius 3 is 2.41 bits per heavy atom. The molecule has 0 spiro atoms. The van der Waals surface area contributed by atoms with Crippen molar-refractivity contribution in [3.8, 4) is 10.6 Å². The number of thiazole rings is 1. The lowest BCUT2D eigenvalue weighted by Gasteiger charge is -2.02. The van der Waals surface area contributed by atoms with Gasteiger partial charge in [-0.2, -0.15) is 0 Å². The van der Waals surface area contributed by atoms with Gasteiger partial charge in [-0.3, -0.25) is 0 Å². The van der Waals surface area contributed by atoms with Crippen molar-refractivity contribution in [3.63, 3.8) is 0 Å². The van der Waals surface area contributed by atoms with E-state index in [1.54, 1.807) is 29.6 Å². The minimum absolute atomic E-state index is 0.230. The molecule has 2 rings (SSSR count). The van der Waals surface area contributed by atoms with Crippen molar-refractivity contribution in [1.29, 1.82) is 0 Å². The molecule has 2 aromatic rings. The van der Waals surface area contributed by atoms with Gasteiger partial charge in [0.15, 0.2) is 0 Å². The van der Waals surface area contributed by atoms with E-state index in [-0.39, 0.29) is 4.90 Å². The van der Waals surface area contributed by atoms with Crippen molar-refractivity contribution < 1.29 is 8.42 Å². The standard InChI is InChI=1S/C10H11N3O2S2/c1-12-17(14,15)8-4-2-7(3-5-8)10-13-9(11)6-16-10/h2-6,12H,11H2,1H3. The van der Waals surface area contributed by atoms with Gasteiger partial charge in [-0.1, -0.05) is 12.1 Å². The zero-order valence-corrected chi connectivity index (χ0v) is 10.7. The molecule has 0 bridgehead atoms. The van der Waals surface area contributed by atoms with Crippen LogP contribution >= 0.6 is 11.3 Å². The van der Waals surface area contributed by atoms with Crippen LogP contribution in [0.15, 0.2) is 34.5 Å². The minimum atomic E-state index is -3.38. The largest absolute Gasteiger partial charge is 0.383 e. The number of hydrogen-bond acceptors (Lipinski definition) is 5. The van der Waals surface area contributed by atoms with Gasteiger partial charge in [0.05, 0.1) is 4.90 Å². The summed E-state index contributed by atoms with van der Waals surface area (Å²) in [7, 11) is -2.00. The van der Waals surface area contributed by atoms with Crippen molar-refractivity contribution in [1.82, 2.24) is 9.71 Å². The third kappa shape index (κ3) is 2.46. The maximum absolute atomic E-state index is 11.5. The molecule has 1 heterocycles. The van der Waals surface area contributed by atoms with Gasteiger partial charge in [0, 0.05) is 10.9 Å². The van der Waals surface area contributed by atoms with E-state index in [0.29, 0.717) is 5.82 Å². The first kappa shape index (κ1) is 12.0. The number of rotatable bonds is 3. The number of nitrogens with one attached hydrogen (secondary N) is 1. The lowest BCUT2D eigenvalue weighted by atomic mass is 10.2. The highest BCUT2D eigenvalue weighted by Crippen LogP contribution is 2.25. The molecule has 0 amide bonds. The van der Waals surface area contributed by atoms with Crippen LogP contribution in [0.1, 0.15) is 0 Å². The smallest absolute Gasteiger partial charge is 0.240 e. The molecular formula is C10H11N3O2S2. The highest BCUT2D eigenvalue weighted by atomic mass is 32.2. The molecule has 0 atom stereocenters. The molecule has 0 aliphatic heterocycles. The minimum Gasteiger partial charge on any atom is -0.383 e. The van der Waals surface area contributed by atoms with Gasteiger partial charge in [-0.05, 0) is 19.2 Å². The molecule has 1 aromatic heterocycles. The lowest BCUT2D eigenvalue weighted by Crippen LogP contribution is -2.18. The summed E-state index contributed by atoms with van der Waals surface area (Å²) in [5.74, 6) is 0.469. The average molecular weight is 269 g/mol. The highest BCUT2D eigenvalue weighted by molar-refractivity contribution is 7.89. The molecule has 0 aliphatic rings. The normalized spacial score (nSPS) is 11.6. The lowest BCUT2D eigenvalue weighted by molar-refractivity contribution is 0.588. The van der Waals surface area contributed by atoms with E-state index >= 15 is 0 Å². The van der Waals surface area contributed by atoms with Gasteiger partial charge in [0.2, 0.25) is 10.0 Å². The summed E-state index contributed by atoms with van der Waals surface area (Å²) in [6, 6.07) is 6.50. The topological polar surface area (TPSA) is 85.1 Å². The summed E-state index contributed by atoms with van der Waals surface area (Å²) >= 11 is 1.42. The third-order valence-electron chi connectivity index (χ3n) is 2.20. The summed E-state index contributed by atoms with van der Waals surface area (Å²) in [5, 5.41) is 2.52. The number of hydrogen-bond donors (Lipinski definition) is 2. The van der Waals surface area contributed by atoms with Crippen molar-refractivity contribution in [2.75, 3.05) is 12.8 Å². The van der Waals surface area contributed by atoms with Gasteiger partial charge in [0.25, 0.3) is 0 Å². The summed E-state index contributed by atoms with van der Waals surface area (Å²) in [5.41, 5.74) is 6.38. The molecule has 7 heteroatoms. The van der Waals surface area contributed by atoms with E-state index < -0.39 is 10.0 Å². The fourth-order valence-electron chi connectivity index (χ4n) is 1.31. The van der Waals surface area contributed by atoms with Crippen LogP contribution in [0.25, 0.3) is 10.6 Å². The zero-order chi connectivity index (χ0) is 12.5. The maximum atomic E-state index is 11.5. The first-order valence-corrected chi connectivity index (χ1v) is 7.14. The zero-order valence-electron chi connectivity index (χ0n) is 9.04. The number of aromatic nitrogens is 1. The van der Waals surface area contributed by atoms with Gasteiger partial charge >= 0.3 is 0 Å². The summed E-state index contributed by atoms with van der Waals surface area (Å²) < 4.78 is 25.3. The first-order chi connectivity index (χ1) is 8.03. The van der Waals surface area contributed by atoms with E-state index in [2.05, 4.69) is 9.71 Å². The second-order valence-electron chi connectivity index (χ2n) is 3.31. The number of sulfonamides is 1. The van der Waals surface area contributed by atoms with Gasteiger partial charge < -0.3 is 5.73 Å². The van der Waals surface area contributed by atoms with Crippen LogP contribution in [-0.2, 0) is 10.0 Å². The Kier molecular flexibility index (Phi) is 3.14. The van der Waals surface area contributed by atoms with E-state index in [1.165, 1.54) is 18.4 Å². The summed E-state index contributed by atoms with van der Waals surface area (Å²) in [6.07, 6.45) is 0. The molecule has 0 saturated heterocycles. The third-order valence-corrected chi connectivity index (χ3v) is 4.54. The fraction of sp³-hybridized carbons (Fsp3) is 0.100. The van der Waals surface area contributed by atoms with Crippen molar-refractivity contribution in [3.05, 3.63) is 29.6 Å². The molecule has 17 heavy (non-hydrogen) atoms. The molecule has 0 radical (unpaired) electrons. The number of nitrogens with two attached hydrogens (primary N) is 1. The van der Waals surface area contributed by atoms with Crippen LogP contribution in [0.5, 0.6) is 0 Å². The van der Waals surface area contributed by atoms with Gasteiger partial charge in [-0.25, -0.2) is 18.1 Å². The Balaban J connectivity index is 2.37. The molecule has 5 nitrogen and oxygen atoms in total. The van der Waals surface area contributed by atoms with Crippen molar-refractivity contribution >= 4 is 27.2 Å². The number of nitrogens with zero attached hydrogens (tertiary/aromatic N) is 1. The molecule has 0 fully saturated rings. The Morgan fingerprint density at radius 2 is 1.94 bits per heavy atom. The van der Waals surface area contributed by atoms with Crippen LogP contribution in [0, 0.1) is 0 Å². The number of benzene rings is 1. The number of anilines is 1. The second kappa shape index (κ2) is 4.44. The van der Waals surface area contributed by atoms with E-state index in [4.69, 9.17) is 5.73 Å².